The quantitative estimate of drug-likeness (QED) is 0.837. The lowest BCUT2D eigenvalue weighted by Crippen LogP contribution is -2.42. The minimum atomic E-state index is -0.248. The monoisotopic (exact) mass is 321 g/mol. The van der Waals surface area contributed by atoms with Crippen LogP contribution in [0.25, 0.3) is 0 Å². The molecule has 1 amide bonds. The first-order chi connectivity index (χ1) is 11.2. The number of likely N-dealkylation sites (tertiary alicyclic amines) is 1. The van der Waals surface area contributed by atoms with Gasteiger partial charge in [-0.15, -0.1) is 0 Å². The summed E-state index contributed by atoms with van der Waals surface area (Å²) in [6.45, 7) is 3.63. The van der Waals surface area contributed by atoms with Crippen LogP contribution in [-0.2, 0) is 9.53 Å². The Morgan fingerprint density at radius 3 is 2.61 bits per heavy atom. The molecule has 2 fully saturated rings. The van der Waals surface area contributed by atoms with Gasteiger partial charge in [0.2, 0.25) is 5.91 Å². The maximum absolute atomic E-state index is 12.8. The van der Waals surface area contributed by atoms with Gasteiger partial charge in [0, 0.05) is 19.7 Å². The molecule has 2 aliphatic heterocycles. The fourth-order valence-electron chi connectivity index (χ4n) is 3.30. The summed E-state index contributed by atoms with van der Waals surface area (Å²) in [5, 5.41) is 0. The number of carbonyl (C=O) groups excluding carboxylic acids is 1. The first kappa shape index (κ1) is 16.2. The molecule has 3 rings (SSSR count). The number of rotatable bonds is 5. The van der Waals surface area contributed by atoms with Gasteiger partial charge in [-0.1, -0.05) is 0 Å². The highest BCUT2D eigenvalue weighted by Gasteiger charge is 2.30. The van der Waals surface area contributed by atoms with Crippen LogP contribution in [0.4, 0.5) is 4.39 Å². The Kier molecular flexibility index (Phi) is 5.49. The smallest absolute Gasteiger partial charge is 0.228 e. The number of carbonyl (C=O) groups is 1. The van der Waals surface area contributed by atoms with E-state index in [-0.39, 0.29) is 17.6 Å². The number of nitrogens with zero attached hydrogens (tertiary/aromatic N) is 1. The number of hydrogen-bond acceptors (Lipinski definition) is 3. The molecule has 0 radical (unpaired) electrons. The Labute approximate surface area is 136 Å². The van der Waals surface area contributed by atoms with E-state index in [0.29, 0.717) is 31.5 Å². The average molecular weight is 321 g/mol. The number of piperidine rings is 1. The van der Waals surface area contributed by atoms with Crippen molar-refractivity contribution in [3.63, 3.8) is 0 Å². The molecule has 126 valence electrons. The summed E-state index contributed by atoms with van der Waals surface area (Å²) in [6, 6.07) is 6.12. The topological polar surface area (TPSA) is 38.8 Å². The molecule has 23 heavy (non-hydrogen) atoms. The second-order valence-corrected chi connectivity index (χ2v) is 6.42. The van der Waals surface area contributed by atoms with Crippen molar-refractivity contribution in [1.82, 2.24) is 4.90 Å². The van der Waals surface area contributed by atoms with Gasteiger partial charge in [-0.3, -0.25) is 4.79 Å². The summed E-state index contributed by atoms with van der Waals surface area (Å²) in [6.07, 6.45) is 3.91. The van der Waals surface area contributed by atoms with Crippen molar-refractivity contribution in [2.45, 2.75) is 25.7 Å². The summed E-state index contributed by atoms with van der Waals surface area (Å²) >= 11 is 0. The Morgan fingerprint density at radius 1 is 1.22 bits per heavy atom. The fourth-order valence-corrected chi connectivity index (χ4v) is 3.30. The van der Waals surface area contributed by atoms with E-state index in [1.807, 2.05) is 4.90 Å². The van der Waals surface area contributed by atoms with Gasteiger partial charge in [0.05, 0.1) is 19.1 Å². The number of halogens is 1. The predicted molar refractivity (Wildman–Crippen MR) is 84.7 cm³/mol. The van der Waals surface area contributed by atoms with E-state index < -0.39 is 0 Å². The normalized spacial score (nSPS) is 22.3. The van der Waals surface area contributed by atoms with E-state index in [2.05, 4.69) is 0 Å². The molecule has 2 saturated heterocycles. The van der Waals surface area contributed by atoms with Crippen LogP contribution in [0.2, 0.25) is 0 Å². The zero-order valence-corrected chi connectivity index (χ0v) is 13.4. The van der Waals surface area contributed by atoms with Gasteiger partial charge in [-0.05, 0) is 55.9 Å². The second kappa shape index (κ2) is 7.77. The molecule has 1 aromatic rings. The Balaban J connectivity index is 1.36. The van der Waals surface area contributed by atoms with Crippen molar-refractivity contribution in [2.24, 2.45) is 11.8 Å². The SMILES string of the molecule is O=C(C1CCOC1)N1CCC(CCOc2ccc(F)cc2)CC1. The third-order valence-electron chi connectivity index (χ3n) is 4.81. The molecular formula is C18H24FNO3. The van der Waals surface area contributed by atoms with Crippen molar-refractivity contribution >= 4 is 5.91 Å². The number of ether oxygens (including phenoxy) is 2. The van der Waals surface area contributed by atoms with Gasteiger partial charge in [0.15, 0.2) is 0 Å². The summed E-state index contributed by atoms with van der Waals surface area (Å²) in [5.41, 5.74) is 0. The molecule has 1 aromatic carbocycles. The van der Waals surface area contributed by atoms with Gasteiger partial charge in [-0.2, -0.15) is 0 Å². The second-order valence-electron chi connectivity index (χ2n) is 6.42. The van der Waals surface area contributed by atoms with Crippen molar-refractivity contribution < 1.29 is 18.7 Å². The number of benzene rings is 1. The highest BCUT2D eigenvalue weighted by atomic mass is 19.1. The highest BCUT2D eigenvalue weighted by Crippen LogP contribution is 2.24. The molecule has 2 aliphatic rings. The zero-order chi connectivity index (χ0) is 16.1. The third-order valence-corrected chi connectivity index (χ3v) is 4.81. The molecule has 4 nitrogen and oxygen atoms in total. The van der Waals surface area contributed by atoms with E-state index in [1.54, 1.807) is 12.1 Å². The van der Waals surface area contributed by atoms with E-state index in [4.69, 9.17) is 9.47 Å². The molecule has 5 heteroatoms. The van der Waals surface area contributed by atoms with E-state index in [1.165, 1.54) is 12.1 Å². The average Bonchev–Trinajstić information content (AvgIpc) is 3.11. The van der Waals surface area contributed by atoms with Gasteiger partial charge >= 0.3 is 0 Å². The molecule has 0 aliphatic carbocycles. The van der Waals surface area contributed by atoms with Crippen LogP contribution in [0.1, 0.15) is 25.7 Å². The molecule has 0 spiro atoms. The van der Waals surface area contributed by atoms with Crippen LogP contribution in [-0.4, -0.2) is 43.7 Å². The minimum Gasteiger partial charge on any atom is -0.494 e. The van der Waals surface area contributed by atoms with Crippen LogP contribution in [0, 0.1) is 17.7 Å². The van der Waals surface area contributed by atoms with E-state index >= 15 is 0 Å². The lowest BCUT2D eigenvalue weighted by molar-refractivity contribution is -0.136. The largest absolute Gasteiger partial charge is 0.494 e. The van der Waals surface area contributed by atoms with Crippen molar-refractivity contribution in [1.29, 1.82) is 0 Å². The Bertz CT molecular complexity index is 506. The minimum absolute atomic E-state index is 0.0772. The van der Waals surface area contributed by atoms with Gasteiger partial charge in [0.25, 0.3) is 0 Å². The summed E-state index contributed by atoms with van der Waals surface area (Å²) in [5.74, 6) is 1.40. The predicted octanol–water partition coefficient (Wildman–Crippen LogP) is 2.87. The number of hydrogen-bond donors (Lipinski definition) is 0. The van der Waals surface area contributed by atoms with Gasteiger partial charge in [-0.25, -0.2) is 4.39 Å². The third kappa shape index (κ3) is 4.44. The molecule has 0 aromatic heterocycles. The molecule has 2 heterocycles. The first-order valence-corrected chi connectivity index (χ1v) is 8.47. The lowest BCUT2D eigenvalue weighted by atomic mass is 9.93. The van der Waals surface area contributed by atoms with Gasteiger partial charge < -0.3 is 14.4 Å². The van der Waals surface area contributed by atoms with Crippen LogP contribution in [0.15, 0.2) is 24.3 Å². The molecule has 1 atom stereocenters. The maximum atomic E-state index is 12.8. The molecule has 1 unspecified atom stereocenters. The molecule has 0 bridgehead atoms. The highest BCUT2D eigenvalue weighted by molar-refractivity contribution is 5.79. The molecular weight excluding hydrogens is 297 g/mol. The van der Waals surface area contributed by atoms with E-state index in [0.717, 1.165) is 38.8 Å². The van der Waals surface area contributed by atoms with Crippen molar-refractivity contribution in [3.05, 3.63) is 30.1 Å². The molecule has 0 N–H and O–H groups in total. The van der Waals surface area contributed by atoms with Crippen LogP contribution < -0.4 is 4.74 Å². The number of amides is 1. The van der Waals surface area contributed by atoms with Crippen LogP contribution in [0.3, 0.4) is 0 Å². The van der Waals surface area contributed by atoms with Gasteiger partial charge in [0.1, 0.15) is 11.6 Å². The van der Waals surface area contributed by atoms with Crippen LogP contribution >= 0.6 is 0 Å². The summed E-state index contributed by atoms with van der Waals surface area (Å²) < 4.78 is 23.8. The lowest BCUT2D eigenvalue weighted by Gasteiger charge is -2.33. The fraction of sp³-hybridized carbons (Fsp3) is 0.611. The van der Waals surface area contributed by atoms with Crippen LogP contribution in [0.5, 0.6) is 5.75 Å². The van der Waals surface area contributed by atoms with Crippen molar-refractivity contribution in [3.8, 4) is 5.75 Å². The first-order valence-electron chi connectivity index (χ1n) is 8.47. The Morgan fingerprint density at radius 2 is 1.96 bits per heavy atom. The van der Waals surface area contributed by atoms with Crippen molar-refractivity contribution in [2.75, 3.05) is 32.9 Å². The molecule has 0 saturated carbocycles. The standard InChI is InChI=1S/C18H24FNO3/c19-16-1-3-17(4-2-16)23-12-7-14-5-9-20(10-6-14)18(21)15-8-11-22-13-15/h1-4,14-15H,5-13H2. The van der Waals surface area contributed by atoms with E-state index in [9.17, 15) is 9.18 Å². The Hall–Kier alpha value is -1.62. The maximum Gasteiger partial charge on any atom is 0.228 e. The summed E-state index contributed by atoms with van der Waals surface area (Å²) in [7, 11) is 0. The zero-order valence-electron chi connectivity index (χ0n) is 13.4. The summed E-state index contributed by atoms with van der Waals surface area (Å²) in [4.78, 5) is 14.3.